The van der Waals surface area contributed by atoms with Gasteiger partial charge in [-0.3, -0.25) is 9.59 Å². The van der Waals surface area contributed by atoms with Crippen LogP contribution in [-0.2, 0) is 9.47 Å². The Balaban J connectivity index is 1.45. The van der Waals surface area contributed by atoms with E-state index in [1.807, 2.05) is 0 Å². The van der Waals surface area contributed by atoms with Gasteiger partial charge in [-0.2, -0.15) is 0 Å². The van der Waals surface area contributed by atoms with E-state index in [2.05, 4.69) is 0 Å². The molecule has 10 nitrogen and oxygen atoms in total. The van der Waals surface area contributed by atoms with Crippen molar-refractivity contribution in [2.75, 3.05) is 65.9 Å². The maximum Gasteiger partial charge on any atom is 0.163 e. The van der Waals surface area contributed by atoms with Crippen LogP contribution in [-0.4, -0.2) is 77.5 Å². The Kier molecular flexibility index (Phi) is 23.6. The van der Waals surface area contributed by atoms with Crippen molar-refractivity contribution in [3.8, 4) is 23.0 Å². The van der Waals surface area contributed by atoms with Crippen LogP contribution in [0.25, 0.3) is 0 Å². The zero-order valence-electron chi connectivity index (χ0n) is 31.7. The summed E-state index contributed by atoms with van der Waals surface area (Å²) in [6.07, 6.45) is 19.2. The van der Waals surface area contributed by atoms with Gasteiger partial charge in [0.25, 0.3) is 0 Å². The summed E-state index contributed by atoms with van der Waals surface area (Å²) < 4.78 is 35.6. The third kappa shape index (κ3) is 18.5. The van der Waals surface area contributed by atoms with Crippen LogP contribution in [0.4, 0.5) is 0 Å². The van der Waals surface area contributed by atoms with Crippen molar-refractivity contribution in [3.63, 3.8) is 0 Å². The molecule has 10 heteroatoms. The Morgan fingerprint density at radius 1 is 0.404 bits per heavy atom. The number of ether oxygens (including phenoxy) is 6. The molecular formula is C42H66N2O8. The lowest BCUT2D eigenvalue weighted by molar-refractivity contribution is 0.0639. The summed E-state index contributed by atoms with van der Waals surface area (Å²) in [6, 6.07) is 10.7. The summed E-state index contributed by atoms with van der Waals surface area (Å²) in [6.45, 7) is 4.08. The van der Waals surface area contributed by atoms with Crippen LogP contribution < -0.4 is 30.4 Å². The SMILES string of the molecule is NCCCCCCCCCCC(=O)c1ccc2c(c1)OCCOCCOc1cc(C(=O)CCCCCCCCCCN)ccc1OCCOCCO2. The number of benzene rings is 2. The molecule has 1 aliphatic rings. The minimum atomic E-state index is 0.107. The third-order valence-electron chi connectivity index (χ3n) is 9.19. The highest BCUT2D eigenvalue weighted by atomic mass is 16.6. The standard InChI is InChI=1S/C42H66N2O8/c43-23-15-11-7-3-1-5-9-13-17-37(45)35-19-21-39-41(33-35)51-31-27-48-28-32-52-42-34-36(20-22-40(42)50-30-26-47-25-29-49-39)38(46)18-14-10-6-2-4-8-12-16-24-44/h19-22,33-34H,1-18,23-32,43-44H2. The fourth-order valence-electron chi connectivity index (χ4n) is 6.14. The van der Waals surface area contributed by atoms with Crippen molar-refractivity contribution in [3.05, 3.63) is 47.5 Å². The molecule has 4 N–H and O–H groups in total. The van der Waals surface area contributed by atoms with Gasteiger partial charge in [0.2, 0.25) is 0 Å². The topological polar surface area (TPSA) is 142 Å². The van der Waals surface area contributed by atoms with E-state index in [4.69, 9.17) is 39.9 Å². The number of carbonyl (C=O) groups excluding carboxylic acids is 2. The van der Waals surface area contributed by atoms with Crippen LogP contribution in [0.2, 0.25) is 0 Å². The number of hydrogen-bond donors (Lipinski definition) is 2. The van der Waals surface area contributed by atoms with Gasteiger partial charge in [-0.05, 0) is 75.2 Å². The molecule has 0 spiro atoms. The first kappa shape index (κ1) is 43.2. The number of Topliss-reactive ketones (excluding diaryl/α,β-unsaturated/α-hetero) is 2. The summed E-state index contributed by atoms with van der Waals surface area (Å²) >= 11 is 0. The first-order chi connectivity index (χ1) is 25.6. The van der Waals surface area contributed by atoms with Crippen molar-refractivity contribution < 1.29 is 38.0 Å². The summed E-state index contributed by atoms with van der Waals surface area (Å²) in [4.78, 5) is 26.0. The maximum absolute atomic E-state index is 13.0. The fraction of sp³-hybridized carbons (Fsp3) is 0.667. The van der Waals surface area contributed by atoms with Gasteiger partial charge in [0.1, 0.15) is 26.4 Å². The summed E-state index contributed by atoms with van der Waals surface area (Å²) in [7, 11) is 0. The van der Waals surface area contributed by atoms with Gasteiger partial charge >= 0.3 is 0 Å². The summed E-state index contributed by atoms with van der Waals surface area (Å²) in [5, 5.41) is 0. The van der Waals surface area contributed by atoms with E-state index in [9.17, 15) is 9.59 Å². The third-order valence-corrected chi connectivity index (χ3v) is 9.19. The molecule has 2 aromatic carbocycles. The quantitative estimate of drug-likeness (QED) is 0.0900. The molecule has 0 atom stereocenters. The van der Waals surface area contributed by atoms with E-state index in [1.54, 1.807) is 36.4 Å². The van der Waals surface area contributed by atoms with Crippen molar-refractivity contribution in [1.82, 2.24) is 0 Å². The van der Waals surface area contributed by atoms with Gasteiger partial charge in [-0.1, -0.05) is 77.0 Å². The van der Waals surface area contributed by atoms with Crippen LogP contribution in [0.5, 0.6) is 23.0 Å². The molecule has 0 radical (unpaired) electrons. The molecule has 0 unspecified atom stereocenters. The zero-order valence-corrected chi connectivity index (χ0v) is 31.7. The highest BCUT2D eigenvalue weighted by molar-refractivity contribution is 5.97. The molecule has 2 aromatic rings. The van der Waals surface area contributed by atoms with Crippen LogP contribution in [0, 0.1) is 0 Å². The molecule has 0 saturated carbocycles. The number of carbonyl (C=O) groups is 2. The van der Waals surface area contributed by atoms with E-state index in [-0.39, 0.29) is 24.8 Å². The molecule has 0 aromatic heterocycles. The van der Waals surface area contributed by atoms with Gasteiger partial charge in [0.05, 0.1) is 26.4 Å². The first-order valence-electron chi connectivity index (χ1n) is 20.0. The van der Waals surface area contributed by atoms with Gasteiger partial charge in [0.15, 0.2) is 34.6 Å². The van der Waals surface area contributed by atoms with Crippen molar-refractivity contribution >= 4 is 11.6 Å². The Morgan fingerprint density at radius 3 is 1.06 bits per heavy atom. The number of nitrogens with two attached hydrogens (primary N) is 2. The van der Waals surface area contributed by atoms with E-state index in [0.29, 0.717) is 86.6 Å². The van der Waals surface area contributed by atoms with Crippen LogP contribution in [0.15, 0.2) is 36.4 Å². The van der Waals surface area contributed by atoms with Crippen molar-refractivity contribution in [2.45, 2.75) is 116 Å². The second-order valence-corrected chi connectivity index (χ2v) is 13.5. The highest BCUT2D eigenvalue weighted by Crippen LogP contribution is 2.31. The van der Waals surface area contributed by atoms with Crippen LogP contribution in [0.3, 0.4) is 0 Å². The minimum absolute atomic E-state index is 0.107. The van der Waals surface area contributed by atoms with Gasteiger partial charge in [-0.25, -0.2) is 0 Å². The van der Waals surface area contributed by atoms with Crippen LogP contribution >= 0.6 is 0 Å². The number of unbranched alkanes of at least 4 members (excludes halogenated alkanes) is 14. The molecule has 1 heterocycles. The monoisotopic (exact) mass is 726 g/mol. The minimum Gasteiger partial charge on any atom is -0.487 e. The zero-order chi connectivity index (χ0) is 36.9. The smallest absolute Gasteiger partial charge is 0.163 e. The molecule has 52 heavy (non-hydrogen) atoms. The molecule has 3 rings (SSSR count). The molecule has 292 valence electrons. The van der Waals surface area contributed by atoms with Gasteiger partial charge in [-0.15, -0.1) is 0 Å². The van der Waals surface area contributed by atoms with E-state index < -0.39 is 0 Å². The Bertz CT molecular complexity index is 1160. The fourth-order valence-corrected chi connectivity index (χ4v) is 6.14. The Labute approximate surface area is 312 Å². The maximum atomic E-state index is 13.0. The summed E-state index contributed by atoms with van der Waals surface area (Å²) in [5.74, 6) is 2.36. The lowest BCUT2D eigenvalue weighted by Crippen LogP contribution is -2.16. The molecular weight excluding hydrogens is 660 g/mol. The predicted octanol–water partition coefficient (Wildman–Crippen LogP) is 8.25. The van der Waals surface area contributed by atoms with Crippen molar-refractivity contribution in [2.24, 2.45) is 11.5 Å². The predicted molar refractivity (Wildman–Crippen MR) is 206 cm³/mol. The van der Waals surface area contributed by atoms with Crippen molar-refractivity contribution in [1.29, 1.82) is 0 Å². The average Bonchev–Trinajstić information content (AvgIpc) is 3.16. The Hall–Kier alpha value is -3.18. The van der Waals surface area contributed by atoms with Crippen LogP contribution in [0.1, 0.15) is 136 Å². The second kappa shape index (κ2) is 28.3. The molecule has 0 bridgehead atoms. The number of rotatable bonds is 22. The first-order valence-corrected chi connectivity index (χ1v) is 20.0. The van der Waals surface area contributed by atoms with E-state index >= 15 is 0 Å². The molecule has 0 fully saturated rings. The number of hydrogen-bond acceptors (Lipinski definition) is 10. The number of ketones is 2. The molecule has 1 aliphatic heterocycles. The van der Waals surface area contributed by atoms with Gasteiger partial charge < -0.3 is 39.9 Å². The Morgan fingerprint density at radius 2 is 0.712 bits per heavy atom. The molecule has 0 amide bonds. The normalized spacial score (nSPS) is 14.3. The lowest BCUT2D eigenvalue weighted by atomic mass is 10.0. The highest BCUT2D eigenvalue weighted by Gasteiger charge is 2.15. The molecule has 0 aliphatic carbocycles. The largest absolute Gasteiger partial charge is 0.487 e. The van der Waals surface area contributed by atoms with E-state index in [0.717, 1.165) is 64.5 Å². The van der Waals surface area contributed by atoms with E-state index in [1.165, 1.54) is 51.4 Å². The number of fused-ring (bicyclic) bond motifs is 2. The summed E-state index contributed by atoms with van der Waals surface area (Å²) in [5.41, 5.74) is 12.4. The molecule has 0 saturated heterocycles. The average molecular weight is 727 g/mol. The lowest BCUT2D eigenvalue weighted by Gasteiger charge is -2.16. The van der Waals surface area contributed by atoms with Gasteiger partial charge in [0, 0.05) is 24.0 Å². The second-order valence-electron chi connectivity index (χ2n) is 13.5.